The van der Waals surface area contributed by atoms with Crippen LogP contribution in [-0.2, 0) is 0 Å². The van der Waals surface area contributed by atoms with Crippen molar-refractivity contribution >= 4 is 23.0 Å². The van der Waals surface area contributed by atoms with Crippen LogP contribution in [0.2, 0.25) is 0 Å². The van der Waals surface area contributed by atoms with Crippen LogP contribution in [0.15, 0.2) is 24.5 Å². The van der Waals surface area contributed by atoms with E-state index in [0.717, 1.165) is 11.5 Å². The summed E-state index contributed by atoms with van der Waals surface area (Å²) in [7, 11) is 0. The molecule has 0 amide bonds. The van der Waals surface area contributed by atoms with Gasteiger partial charge >= 0.3 is 0 Å². The fourth-order valence-corrected chi connectivity index (χ4v) is 2.96. The Morgan fingerprint density at radius 1 is 1.09 bits per heavy atom. The molecule has 5 heteroatoms. The Morgan fingerprint density at radius 3 is 2.55 bits per heavy atom. The molecule has 0 aliphatic heterocycles. The third kappa shape index (κ3) is 3.13. The van der Waals surface area contributed by atoms with Crippen LogP contribution >= 0.6 is 0 Å². The van der Waals surface area contributed by atoms with Gasteiger partial charge in [0, 0.05) is 11.7 Å². The lowest BCUT2D eigenvalue weighted by Gasteiger charge is -2.17. The van der Waals surface area contributed by atoms with Gasteiger partial charge in [0.25, 0.3) is 0 Å². The summed E-state index contributed by atoms with van der Waals surface area (Å²) in [4.78, 5) is 8.58. The van der Waals surface area contributed by atoms with Crippen LogP contribution in [0.3, 0.4) is 0 Å². The van der Waals surface area contributed by atoms with Crippen molar-refractivity contribution in [1.82, 2.24) is 9.97 Å². The van der Waals surface area contributed by atoms with Crippen LogP contribution in [0.4, 0.5) is 23.0 Å². The molecule has 1 aromatic carbocycles. The van der Waals surface area contributed by atoms with Crippen LogP contribution in [0, 0.1) is 13.8 Å². The quantitative estimate of drug-likeness (QED) is 0.801. The molecular formula is C17H23N5. The fraction of sp³-hybridized carbons (Fsp3) is 0.412. The molecule has 1 fully saturated rings. The van der Waals surface area contributed by atoms with E-state index >= 15 is 0 Å². The highest BCUT2D eigenvalue weighted by atomic mass is 15.1. The summed E-state index contributed by atoms with van der Waals surface area (Å²) in [6.07, 6.45) is 6.47. The first kappa shape index (κ1) is 14.6. The minimum absolute atomic E-state index is 0.478. The summed E-state index contributed by atoms with van der Waals surface area (Å²) >= 11 is 0. The van der Waals surface area contributed by atoms with E-state index in [1.54, 1.807) is 6.33 Å². The highest BCUT2D eigenvalue weighted by Gasteiger charge is 2.17. The summed E-state index contributed by atoms with van der Waals surface area (Å²) in [6.45, 7) is 4.16. The van der Waals surface area contributed by atoms with Crippen molar-refractivity contribution in [2.24, 2.45) is 0 Å². The maximum Gasteiger partial charge on any atom is 0.159 e. The predicted molar refractivity (Wildman–Crippen MR) is 91.5 cm³/mol. The smallest absolute Gasteiger partial charge is 0.159 e. The molecule has 1 aliphatic rings. The first-order valence-corrected chi connectivity index (χ1v) is 7.85. The first-order chi connectivity index (χ1) is 10.6. The summed E-state index contributed by atoms with van der Waals surface area (Å²) in [6, 6.07) is 6.74. The predicted octanol–water partition coefficient (Wildman–Crippen LogP) is 3.77. The fourth-order valence-electron chi connectivity index (χ4n) is 2.96. The van der Waals surface area contributed by atoms with Crippen molar-refractivity contribution in [3.63, 3.8) is 0 Å². The summed E-state index contributed by atoms with van der Waals surface area (Å²) in [5, 5.41) is 6.76. The Morgan fingerprint density at radius 2 is 1.82 bits per heavy atom. The van der Waals surface area contributed by atoms with Crippen molar-refractivity contribution in [3.8, 4) is 0 Å². The summed E-state index contributed by atoms with van der Waals surface area (Å²) in [5.74, 6) is 1.39. The van der Waals surface area contributed by atoms with Gasteiger partial charge in [0.2, 0.25) is 0 Å². The molecule has 0 radical (unpaired) electrons. The third-order valence-corrected chi connectivity index (χ3v) is 4.21. The monoisotopic (exact) mass is 297 g/mol. The van der Waals surface area contributed by atoms with Gasteiger partial charge in [-0.25, -0.2) is 9.97 Å². The molecule has 1 heterocycles. The molecule has 0 saturated heterocycles. The highest BCUT2D eigenvalue weighted by molar-refractivity contribution is 5.78. The first-order valence-electron chi connectivity index (χ1n) is 7.85. The summed E-state index contributed by atoms with van der Waals surface area (Å²) < 4.78 is 0. The highest BCUT2D eigenvalue weighted by Crippen LogP contribution is 2.30. The van der Waals surface area contributed by atoms with Gasteiger partial charge in [-0.15, -0.1) is 0 Å². The van der Waals surface area contributed by atoms with Crippen LogP contribution in [0.1, 0.15) is 36.8 Å². The standard InChI is InChI=1S/C17H23N5/c1-11-7-8-14(12(2)9-11)22-17-15(18)16(19-10-20-17)21-13-5-3-4-6-13/h7-10,13H,3-6,18H2,1-2H3,(H2,19,20,21,22). The topological polar surface area (TPSA) is 75.9 Å². The van der Waals surface area contributed by atoms with E-state index in [0.29, 0.717) is 17.5 Å². The molecule has 1 aliphatic carbocycles. The second-order valence-corrected chi connectivity index (χ2v) is 6.05. The molecule has 3 rings (SSSR count). The SMILES string of the molecule is Cc1ccc(Nc2ncnc(NC3CCCC3)c2N)c(C)c1. The molecular weight excluding hydrogens is 274 g/mol. The van der Waals surface area contributed by atoms with Gasteiger partial charge < -0.3 is 16.4 Å². The number of rotatable bonds is 4. The lowest BCUT2D eigenvalue weighted by atomic mass is 10.1. The maximum absolute atomic E-state index is 6.24. The molecule has 22 heavy (non-hydrogen) atoms. The number of nitrogens with zero attached hydrogens (tertiary/aromatic N) is 2. The Hall–Kier alpha value is -2.30. The van der Waals surface area contributed by atoms with Crippen molar-refractivity contribution in [2.75, 3.05) is 16.4 Å². The van der Waals surface area contributed by atoms with Gasteiger partial charge in [-0.3, -0.25) is 0 Å². The van der Waals surface area contributed by atoms with Gasteiger partial charge in [-0.2, -0.15) is 0 Å². The van der Waals surface area contributed by atoms with Crippen molar-refractivity contribution in [1.29, 1.82) is 0 Å². The normalized spacial score (nSPS) is 15.0. The summed E-state index contributed by atoms with van der Waals surface area (Å²) in [5.41, 5.74) is 10.2. The zero-order valence-electron chi connectivity index (χ0n) is 13.2. The number of nitrogens with one attached hydrogen (secondary N) is 2. The van der Waals surface area contributed by atoms with Crippen molar-refractivity contribution in [3.05, 3.63) is 35.7 Å². The van der Waals surface area contributed by atoms with E-state index < -0.39 is 0 Å². The van der Waals surface area contributed by atoms with E-state index in [2.05, 4.69) is 52.6 Å². The number of aryl methyl sites for hydroxylation is 2. The van der Waals surface area contributed by atoms with E-state index in [4.69, 9.17) is 5.73 Å². The molecule has 1 saturated carbocycles. The van der Waals surface area contributed by atoms with E-state index in [-0.39, 0.29) is 0 Å². The molecule has 2 aromatic rings. The number of aromatic nitrogens is 2. The Balaban J connectivity index is 1.81. The minimum Gasteiger partial charge on any atom is -0.393 e. The molecule has 5 nitrogen and oxygen atoms in total. The van der Waals surface area contributed by atoms with Crippen molar-refractivity contribution < 1.29 is 0 Å². The number of anilines is 4. The second-order valence-electron chi connectivity index (χ2n) is 6.05. The Labute approximate surface area is 131 Å². The van der Waals surface area contributed by atoms with Crippen LogP contribution in [0.5, 0.6) is 0 Å². The Kier molecular flexibility index (Phi) is 4.13. The molecule has 4 N–H and O–H groups in total. The van der Waals surface area contributed by atoms with Crippen LogP contribution in [-0.4, -0.2) is 16.0 Å². The second kappa shape index (κ2) is 6.22. The minimum atomic E-state index is 0.478. The van der Waals surface area contributed by atoms with E-state index in [9.17, 15) is 0 Å². The molecule has 0 atom stereocenters. The largest absolute Gasteiger partial charge is 0.393 e. The molecule has 0 unspecified atom stereocenters. The number of nitrogens with two attached hydrogens (primary N) is 1. The number of hydrogen-bond acceptors (Lipinski definition) is 5. The molecule has 1 aromatic heterocycles. The van der Waals surface area contributed by atoms with Gasteiger partial charge in [-0.1, -0.05) is 30.5 Å². The average molecular weight is 297 g/mol. The van der Waals surface area contributed by atoms with Gasteiger partial charge in [0.15, 0.2) is 11.6 Å². The Bertz CT molecular complexity index is 662. The zero-order valence-corrected chi connectivity index (χ0v) is 13.2. The van der Waals surface area contributed by atoms with Crippen molar-refractivity contribution in [2.45, 2.75) is 45.6 Å². The van der Waals surface area contributed by atoms with E-state index in [1.807, 2.05) is 0 Å². The van der Waals surface area contributed by atoms with E-state index in [1.165, 1.54) is 36.8 Å². The zero-order chi connectivity index (χ0) is 15.5. The van der Waals surface area contributed by atoms with Gasteiger partial charge in [0.1, 0.15) is 12.0 Å². The number of hydrogen-bond donors (Lipinski definition) is 3. The van der Waals surface area contributed by atoms with Crippen LogP contribution < -0.4 is 16.4 Å². The molecule has 0 bridgehead atoms. The number of nitrogen functional groups attached to an aromatic ring is 1. The number of benzene rings is 1. The maximum atomic E-state index is 6.24. The van der Waals surface area contributed by atoms with Gasteiger partial charge in [0.05, 0.1) is 0 Å². The lowest BCUT2D eigenvalue weighted by Crippen LogP contribution is -2.17. The molecule has 116 valence electrons. The third-order valence-electron chi connectivity index (χ3n) is 4.21. The lowest BCUT2D eigenvalue weighted by molar-refractivity contribution is 0.750. The van der Waals surface area contributed by atoms with Gasteiger partial charge in [-0.05, 0) is 38.3 Å². The molecule has 0 spiro atoms. The average Bonchev–Trinajstić information content (AvgIpc) is 2.99. The van der Waals surface area contributed by atoms with Crippen LogP contribution in [0.25, 0.3) is 0 Å².